The van der Waals surface area contributed by atoms with Gasteiger partial charge in [-0.2, -0.15) is 11.3 Å². The zero-order chi connectivity index (χ0) is 10.8. The smallest absolute Gasteiger partial charge is 0.111 e. The molecule has 0 bridgehead atoms. The van der Waals surface area contributed by atoms with Gasteiger partial charge in [0.1, 0.15) is 5.13 Å². The van der Waals surface area contributed by atoms with E-state index >= 15 is 0 Å². The minimum Gasteiger partial charge on any atom is -0.403 e. The summed E-state index contributed by atoms with van der Waals surface area (Å²) >= 11 is 1.55. The summed E-state index contributed by atoms with van der Waals surface area (Å²) in [6, 6.07) is 3.89. The number of hydrogen-bond acceptors (Lipinski definition) is 4. The van der Waals surface area contributed by atoms with Crippen molar-refractivity contribution in [1.82, 2.24) is 19.5 Å². The predicted octanol–water partition coefficient (Wildman–Crippen LogP) is 2.19. The van der Waals surface area contributed by atoms with Crippen molar-refractivity contribution in [2.75, 3.05) is 0 Å². The minimum atomic E-state index is 0. The SMILES string of the molecule is [Ir].[c-]1ncc(-c2cccnc2)n1-c1nccs1. The van der Waals surface area contributed by atoms with Crippen LogP contribution in [0.4, 0.5) is 0 Å². The van der Waals surface area contributed by atoms with Crippen LogP contribution in [0.15, 0.2) is 42.3 Å². The van der Waals surface area contributed by atoms with Crippen LogP contribution in [0.25, 0.3) is 16.4 Å². The van der Waals surface area contributed by atoms with Gasteiger partial charge in [0.2, 0.25) is 0 Å². The molecule has 0 fully saturated rings. The van der Waals surface area contributed by atoms with Crippen LogP contribution in [0, 0.1) is 6.33 Å². The first kappa shape index (κ1) is 12.1. The van der Waals surface area contributed by atoms with E-state index in [0.717, 1.165) is 16.4 Å². The fourth-order valence-corrected chi connectivity index (χ4v) is 2.06. The Bertz CT molecular complexity index is 577. The van der Waals surface area contributed by atoms with Crippen molar-refractivity contribution < 1.29 is 20.1 Å². The van der Waals surface area contributed by atoms with Crippen LogP contribution in [0.1, 0.15) is 0 Å². The minimum absolute atomic E-state index is 0. The molecule has 0 N–H and O–H groups in total. The topological polar surface area (TPSA) is 43.6 Å². The zero-order valence-corrected chi connectivity index (χ0v) is 11.8. The van der Waals surface area contributed by atoms with Crippen LogP contribution in [-0.4, -0.2) is 19.5 Å². The second kappa shape index (κ2) is 5.31. The summed E-state index contributed by atoms with van der Waals surface area (Å²) in [5.74, 6) is 0. The molecule has 0 unspecified atom stereocenters. The molecule has 0 aliphatic rings. The van der Waals surface area contributed by atoms with E-state index in [-0.39, 0.29) is 20.1 Å². The summed E-state index contributed by atoms with van der Waals surface area (Å²) in [4.78, 5) is 12.4. The van der Waals surface area contributed by atoms with E-state index in [4.69, 9.17) is 0 Å². The molecule has 4 nitrogen and oxygen atoms in total. The van der Waals surface area contributed by atoms with Gasteiger partial charge in [-0.25, -0.2) is 0 Å². The van der Waals surface area contributed by atoms with Gasteiger partial charge >= 0.3 is 0 Å². The second-order valence-electron chi connectivity index (χ2n) is 3.14. The molecule has 17 heavy (non-hydrogen) atoms. The van der Waals surface area contributed by atoms with E-state index in [0.29, 0.717) is 0 Å². The van der Waals surface area contributed by atoms with Crippen LogP contribution in [0.3, 0.4) is 0 Å². The van der Waals surface area contributed by atoms with Crippen LogP contribution >= 0.6 is 11.3 Å². The molecule has 3 aromatic heterocycles. The Morgan fingerprint density at radius 3 is 2.88 bits per heavy atom. The van der Waals surface area contributed by atoms with Crippen molar-refractivity contribution in [3.8, 4) is 16.4 Å². The maximum absolute atomic E-state index is 4.23. The summed E-state index contributed by atoms with van der Waals surface area (Å²) in [5.41, 5.74) is 1.95. The third kappa shape index (κ3) is 2.34. The van der Waals surface area contributed by atoms with E-state index in [1.54, 1.807) is 36.1 Å². The Morgan fingerprint density at radius 2 is 2.18 bits per heavy atom. The summed E-state index contributed by atoms with van der Waals surface area (Å²) in [7, 11) is 0. The number of rotatable bonds is 2. The van der Waals surface area contributed by atoms with Gasteiger partial charge in [0.25, 0.3) is 0 Å². The second-order valence-corrected chi connectivity index (χ2v) is 4.01. The van der Waals surface area contributed by atoms with Gasteiger partial charge in [-0.1, -0.05) is 12.3 Å². The molecule has 1 radical (unpaired) electrons. The van der Waals surface area contributed by atoms with E-state index < -0.39 is 0 Å². The molecular formula is C11H7IrN4S-. The first-order valence-electron chi connectivity index (χ1n) is 4.71. The molecule has 6 heteroatoms. The van der Waals surface area contributed by atoms with Crippen molar-refractivity contribution in [1.29, 1.82) is 0 Å². The Kier molecular flexibility index (Phi) is 3.78. The molecule has 0 saturated heterocycles. The Labute approximate surface area is 116 Å². The van der Waals surface area contributed by atoms with Crippen molar-refractivity contribution in [3.63, 3.8) is 0 Å². The molecule has 0 amide bonds. The maximum Gasteiger partial charge on any atom is 0.111 e. The summed E-state index contributed by atoms with van der Waals surface area (Å²) < 4.78 is 1.84. The average Bonchev–Trinajstić information content (AvgIpc) is 3.01. The fourth-order valence-electron chi connectivity index (χ4n) is 1.45. The summed E-state index contributed by atoms with van der Waals surface area (Å²) in [5, 5.41) is 2.78. The van der Waals surface area contributed by atoms with E-state index in [2.05, 4.69) is 21.3 Å². The van der Waals surface area contributed by atoms with Gasteiger partial charge in [0, 0.05) is 50.4 Å². The van der Waals surface area contributed by atoms with Gasteiger partial charge in [-0.3, -0.25) is 9.97 Å². The number of nitrogens with zero attached hydrogens (tertiary/aromatic N) is 4. The standard InChI is InChI=1S/C11H7N4S.Ir/c1-2-9(6-12-3-1)10-7-13-8-15(10)11-14-4-5-16-11;/h1-7H;/q-1;. The molecule has 0 atom stereocenters. The third-order valence-electron chi connectivity index (χ3n) is 2.15. The molecule has 87 valence electrons. The van der Waals surface area contributed by atoms with Crippen LogP contribution in [0.2, 0.25) is 0 Å². The van der Waals surface area contributed by atoms with Crippen molar-refractivity contribution in [2.24, 2.45) is 0 Å². The number of imidazole rings is 1. The largest absolute Gasteiger partial charge is 0.403 e. The van der Waals surface area contributed by atoms with E-state index in [1.165, 1.54) is 0 Å². The molecule has 3 aromatic rings. The average molecular weight is 419 g/mol. The quantitative estimate of drug-likeness (QED) is 0.598. The zero-order valence-electron chi connectivity index (χ0n) is 8.57. The van der Waals surface area contributed by atoms with Gasteiger partial charge in [0.05, 0.1) is 0 Å². The van der Waals surface area contributed by atoms with Gasteiger partial charge in [0.15, 0.2) is 0 Å². The summed E-state index contributed by atoms with van der Waals surface area (Å²) in [6.07, 6.45) is 9.97. The number of aromatic nitrogens is 4. The van der Waals surface area contributed by atoms with Gasteiger partial charge in [-0.15, -0.1) is 0 Å². The molecule has 0 aliphatic heterocycles. The first-order valence-corrected chi connectivity index (χ1v) is 5.59. The molecule has 0 aliphatic carbocycles. The normalized spacial score (nSPS) is 9.88. The van der Waals surface area contributed by atoms with Crippen LogP contribution in [-0.2, 0) is 20.1 Å². The Morgan fingerprint density at radius 1 is 1.24 bits per heavy atom. The van der Waals surface area contributed by atoms with E-state index in [9.17, 15) is 0 Å². The monoisotopic (exact) mass is 420 g/mol. The van der Waals surface area contributed by atoms with Crippen LogP contribution in [0.5, 0.6) is 0 Å². The number of hydrogen-bond donors (Lipinski definition) is 0. The first-order chi connectivity index (χ1) is 7.95. The van der Waals surface area contributed by atoms with Gasteiger partial charge < -0.3 is 9.55 Å². The van der Waals surface area contributed by atoms with E-state index in [1.807, 2.05) is 22.1 Å². The molecule has 3 rings (SSSR count). The maximum atomic E-state index is 4.23. The van der Waals surface area contributed by atoms with Crippen molar-refractivity contribution >= 4 is 11.3 Å². The molecule has 0 saturated carbocycles. The predicted molar refractivity (Wildman–Crippen MR) is 61.3 cm³/mol. The number of pyridine rings is 1. The van der Waals surface area contributed by atoms with Crippen molar-refractivity contribution in [3.05, 3.63) is 48.6 Å². The van der Waals surface area contributed by atoms with Gasteiger partial charge in [-0.05, 0) is 17.3 Å². The molecule has 3 heterocycles. The summed E-state index contributed by atoms with van der Waals surface area (Å²) in [6.45, 7) is 0. The Hall–Kier alpha value is -1.36. The fraction of sp³-hybridized carbons (Fsp3) is 0. The molecular weight excluding hydrogens is 412 g/mol. The molecule has 0 aromatic carbocycles. The third-order valence-corrected chi connectivity index (χ3v) is 2.91. The van der Waals surface area contributed by atoms with Crippen molar-refractivity contribution in [2.45, 2.75) is 0 Å². The Balaban J connectivity index is 0.00000108. The van der Waals surface area contributed by atoms with Crippen LogP contribution < -0.4 is 0 Å². The molecule has 0 spiro atoms. The number of thiazole rings is 1.